The summed E-state index contributed by atoms with van der Waals surface area (Å²) < 4.78 is 10.5. The molecule has 0 aromatic heterocycles. The van der Waals surface area contributed by atoms with Gasteiger partial charge in [0.05, 0.1) is 14.2 Å². The molecule has 0 heterocycles. The van der Waals surface area contributed by atoms with Gasteiger partial charge >= 0.3 is 0 Å². The molecule has 0 aliphatic heterocycles. The third-order valence-electron chi connectivity index (χ3n) is 3.84. The molecule has 0 unspecified atom stereocenters. The minimum Gasteiger partial charge on any atom is -0.497 e. The Labute approximate surface area is 143 Å². The molecule has 1 amide bonds. The van der Waals surface area contributed by atoms with E-state index >= 15 is 0 Å². The third kappa shape index (κ3) is 4.16. The topological polar surface area (TPSA) is 47.6 Å². The van der Waals surface area contributed by atoms with E-state index in [4.69, 9.17) is 9.47 Å². The van der Waals surface area contributed by atoms with Crippen LogP contribution in [0.25, 0.3) is 6.08 Å². The highest BCUT2D eigenvalue weighted by atomic mass is 16.5. The van der Waals surface area contributed by atoms with E-state index in [-0.39, 0.29) is 5.91 Å². The summed E-state index contributed by atoms with van der Waals surface area (Å²) in [6.45, 7) is 4.06. The molecule has 0 spiro atoms. The van der Waals surface area contributed by atoms with Crippen LogP contribution in [0, 0.1) is 6.92 Å². The summed E-state index contributed by atoms with van der Waals surface area (Å²) in [5, 5.41) is 2.97. The maximum Gasteiger partial charge on any atom is 0.248 e. The summed E-state index contributed by atoms with van der Waals surface area (Å²) in [5.41, 5.74) is 3.88. The van der Waals surface area contributed by atoms with Crippen LogP contribution in [-0.4, -0.2) is 20.1 Å². The van der Waals surface area contributed by atoms with Gasteiger partial charge in [0.2, 0.25) is 5.91 Å². The van der Waals surface area contributed by atoms with Crippen LogP contribution in [0.5, 0.6) is 11.5 Å². The van der Waals surface area contributed by atoms with Gasteiger partial charge in [0.1, 0.15) is 11.5 Å². The molecule has 4 heteroatoms. The first-order valence-corrected chi connectivity index (χ1v) is 7.88. The summed E-state index contributed by atoms with van der Waals surface area (Å²) >= 11 is 0. The number of ether oxygens (including phenoxy) is 2. The lowest BCUT2D eigenvalue weighted by molar-refractivity contribution is -0.111. The molecule has 24 heavy (non-hydrogen) atoms. The number of carbonyl (C=O) groups excluding carboxylic acids is 1. The second-order valence-electron chi connectivity index (χ2n) is 5.39. The Morgan fingerprint density at radius 1 is 1.17 bits per heavy atom. The summed E-state index contributed by atoms with van der Waals surface area (Å²) in [6.07, 6.45) is 4.11. The van der Waals surface area contributed by atoms with Gasteiger partial charge < -0.3 is 14.8 Å². The Bertz CT molecular complexity index is 751. The lowest BCUT2D eigenvalue weighted by atomic mass is 10.1. The summed E-state index contributed by atoms with van der Waals surface area (Å²) in [7, 11) is 3.19. The number of hydrogen-bond donors (Lipinski definition) is 1. The number of nitrogens with one attached hydrogen (secondary N) is 1. The van der Waals surface area contributed by atoms with Crippen molar-refractivity contribution in [3.63, 3.8) is 0 Å². The zero-order valence-electron chi connectivity index (χ0n) is 14.6. The van der Waals surface area contributed by atoms with Crippen LogP contribution < -0.4 is 14.8 Å². The number of carbonyl (C=O) groups is 1. The maximum atomic E-state index is 12.3. The standard InChI is InChI=1S/C20H23NO3/c1-5-15-8-6-7-14(2)20(15)21-19(22)12-10-16-9-11-17(23-3)13-18(16)24-4/h6-13H,5H2,1-4H3,(H,21,22). The van der Waals surface area contributed by atoms with Gasteiger partial charge in [0.25, 0.3) is 0 Å². The number of anilines is 1. The van der Waals surface area contributed by atoms with Gasteiger partial charge in [-0.1, -0.05) is 25.1 Å². The van der Waals surface area contributed by atoms with Crippen molar-refractivity contribution in [3.8, 4) is 11.5 Å². The molecule has 0 radical (unpaired) electrons. The fraction of sp³-hybridized carbons (Fsp3) is 0.250. The van der Waals surface area contributed by atoms with Gasteiger partial charge in [-0.15, -0.1) is 0 Å². The number of benzene rings is 2. The quantitative estimate of drug-likeness (QED) is 0.809. The van der Waals surface area contributed by atoms with E-state index in [1.54, 1.807) is 26.4 Å². The largest absolute Gasteiger partial charge is 0.497 e. The van der Waals surface area contributed by atoms with E-state index in [9.17, 15) is 4.79 Å². The molecule has 0 fully saturated rings. The summed E-state index contributed by atoms with van der Waals surface area (Å²) in [5.74, 6) is 1.20. The Morgan fingerprint density at radius 2 is 1.96 bits per heavy atom. The van der Waals surface area contributed by atoms with E-state index in [0.717, 1.165) is 28.8 Å². The van der Waals surface area contributed by atoms with Crippen LogP contribution in [0.3, 0.4) is 0 Å². The highest BCUT2D eigenvalue weighted by Gasteiger charge is 2.07. The average Bonchev–Trinajstić information content (AvgIpc) is 2.61. The van der Waals surface area contributed by atoms with Gasteiger partial charge in [-0.2, -0.15) is 0 Å². The molecule has 126 valence electrons. The predicted octanol–water partition coefficient (Wildman–Crippen LogP) is 4.23. The maximum absolute atomic E-state index is 12.3. The van der Waals surface area contributed by atoms with Crippen molar-refractivity contribution in [2.45, 2.75) is 20.3 Å². The first kappa shape index (κ1) is 17.6. The van der Waals surface area contributed by atoms with E-state index in [0.29, 0.717) is 11.5 Å². The van der Waals surface area contributed by atoms with Crippen LogP contribution in [0.15, 0.2) is 42.5 Å². The van der Waals surface area contributed by atoms with Crippen molar-refractivity contribution in [2.24, 2.45) is 0 Å². The van der Waals surface area contributed by atoms with Crippen LogP contribution >= 0.6 is 0 Å². The normalized spacial score (nSPS) is 10.7. The van der Waals surface area contributed by atoms with Crippen LogP contribution in [-0.2, 0) is 11.2 Å². The highest BCUT2D eigenvalue weighted by Crippen LogP contribution is 2.26. The third-order valence-corrected chi connectivity index (χ3v) is 3.84. The van der Waals surface area contributed by atoms with Gasteiger partial charge in [-0.25, -0.2) is 0 Å². The van der Waals surface area contributed by atoms with Crippen LogP contribution in [0.2, 0.25) is 0 Å². The number of hydrogen-bond acceptors (Lipinski definition) is 3. The number of rotatable bonds is 6. The van der Waals surface area contributed by atoms with E-state index in [1.165, 1.54) is 6.08 Å². The van der Waals surface area contributed by atoms with Crippen molar-refractivity contribution >= 4 is 17.7 Å². The molecule has 0 aliphatic carbocycles. The smallest absolute Gasteiger partial charge is 0.248 e. The molecular formula is C20H23NO3. The summed E-state index contributed by atoms with van der Waals surface area (Å²) in [6, 6.07) is 11.5. The SMILES string of the molecule is CCc1cccc(C)c1NC(=O)C=Cc1ccc(OC)cc1OC. The lowest BCUT2D eigenvalue weighted by Crippen LogP contribution is -2.11. The average molecular weight is 325 g/mol. The molecule has 0 bridgehead atoms. The predicted molar refractivity (Wildman–Crippen MR) is 97.8 cm³/mol. The molecule has 0 atom stereocenters. The molecule has 2 rings (SSSR count). The number of methoxy groups -OCH3 is 2. The monoisotopic (exact) mass is 325 g/mol. The van der Waals surface area contributed by atoms with Gasteiger partial charge in [0, 0.05) is 23.4 Å². The summed E-state index contributed by atoms with van der Waals surface area (Å²) in [4.78, 5) is 12.3. The molecule has 2 aromatic rings. The van der Waals surface area contributed by atoms with Gasteiger partial charge in [-0.05, 0) is 42.7 Å². The van der Waals surface area contributed by atoms with Crippen molar-refractivity contribution in [3.05, 3.63) is 59.2 Å². The Morgan fingerprint density at radius 3 is 2.62 bits per heavy atom. The Hall–Kier alpha value is -2.75. The number of amides is 1. The minimum atomic E-state index is -0.170. The molecule has 2 aromatic carbocycles. The Balaban J connectivity index is 2.17. The number of para-hydroxylation sites is 1. The van der Waals surface area contributed by atoms with Crippen LogP contribution in [0.1, 0.15) is 23.6 Å². The highest BCUT2D eigenvalue weighted by molar-refractivity contribution is 6.03. The zero-order chi connectivity index (χ0) is 17.5. The Kier molecular flexibility index (Phi) is 6.01. The fourth-order valence-corrected chi connectivity index (χ4v) is 2.49. The van der Waals surface area contributed by atoms with E-state index in [2.05, 4.69) is 12.2 Å². The molecule has 4 nitrogen and oxygen atoms in total. The first-order chi connectivity index (χ1) is 11.6. The second-order valence-corrected chi connectivity index (χ2v) is 5.39. The zero-order valence-corrected chi connectivity index (χ0v) is 14.6. The van der Waals surface area contributed by atoms with E-state index in [1.807, 2.05) is 37.3 Å². The molecule has 1 N–H and O–H groups in total. The van der Waals surface area contributed by atoms with Crippen molar-refractivity contribution in [2.75, 3.05) is 19.5 Å². The second kappa shape index (κ2) is 8.20. The molecular weight excluding hydrogens is 302 g/mol. The lowest BCUT2D eigenvalue weighted by Gasteiger charge is -2.11. The molecule has 0 saturated carbocycles. The van der Waals surface area contributed by atoms with Crippen molar-refractivity contribution in [1.82, 2.24) is 0 Å². The fourth-order valence-electron chi connectivity index (χ4n) is 2.49. The van der Waals surface area contributed by atoms with Crippen LogP contribution in [0.4, 0.5) is 5.69 Å². The minimum absolute atomic E-state index is 0.170. The molecule has 0 saturated heterocycles. The van der Waals surface area contributed by atoms with Gasteiger partial charge in [0.15, 0.2) is 0 Å². The first-order valence-electron chi connectivity index (χ1n) is 7.88. The van der Waals surface area contributed by atoms with E-state index < -0.39 is 0 Å². The van der Waals surface area contributed by atoms with Crippen molar-refractivity contribution < 1.29 is 14.3 Å². The van der Waals surface area contributed by atoms with Crippen molar-refractivity contribution in [1.29, 1.82) is 0 Å². The number of aryl methyl sites for hydroxylation is 2. The molecule has 0 aliphatic rings. The van der Waals surface area contributed by atoms with Gasteiger partial charge in [-0.3, -0.25) is 4.79 Å².